The molecule has 3 aromatic rings. The average molecular weight is 591 g/mol. The second-order valence-corrected chi connectivity index (χ2v) is 14.2. The molecule has 0 aliphatic heterocycles. The molecule has 2 N–H and O–H groups in total. The second kappa shape index (κ2) is 12.4. The molecule has 0 radical (unpaired) electrons. The first-order chi connectivity index (χ1) is 19.6. The van der Waals surface area contributed by atoms with Crippen LogP contribution in [-0.4, -0.2) is 24.4 Å². The number of hydrogen-bond donors (Lipinski definition) is 2. The summed E-state index contributed by atoms with van der Waals surface area (Å²) >= 11 is 2.93. The highest BCUT2D eigenvalue weighted by Crippen LogP contribution is 2.45. The van der Waals surface area contributed by atoms with E-state index < -0.39 is 5.25 Å². The number of rotatable bonds is 9. The Balaban J connectivity index is 1.43. The van der Waals surface area contributed by atoms with E-state index in [-0.39, 0.29) is 35.7 Å². The van der Waals surface area contributed by atoms with Gasteiger partial charge in [0.05, 0.1) is 12.2 Å². The molecule has 6 nitrogen and oxygen atoms in total. The third kappa shape index (κ3) is 7.04. The minimum atomic E-state index is -0.568. The number of anilines is 2. The molecule has 2 amide bonds. The van der Waals surface area contributed by atoms with Crippen molar-refractivity contribution >= 4 is 51.6 Å². The molecule has 1 fully saturated rings. The Morgan fingerprint density at radius 1 is 1.02 bits per heavy atom. The highest BCUT2D eigenvalue weighted by Gasteiger charge is 2.35. The van der Waals surface area contributed by atoms with Crippen LogP contribution in [0.1, 0.15) is 78.6 Å². The molecule has 2 atom stereocenters. The lowest BCUT2D eigenvalue weighted by Gasteiger charge is -2.33. The van der Waals surface area contributed by atoms with Crippen LogP contribution in [0, 0.1) is 17.3 Å². The molecule has 5 rings (SSSR count). The molecule has 2 aliphatic rings. The Hall–Kier alpha value is -3.10. The van der Waals surface area contributed by atoms with Gasteiger partial charge in [0.15, 0.2) is 0 Å². The second-order valence-electron chi connectivity index (χ2n) is 11.9. The fourth-order valence-corrected chi connectivity index (χ4v) is 7.69. The number of nitrogens with one attached hydrogen (secondary N) is 2. The van der Waals surface area contributed by atoms with Crippen molar-refractivity contribution in [1.82, 2.24) is 0 Å². The zero-order chi connectivity index (χ0) is 29.1. The van der Waals surface area contributed by atoms with E-state index in [0.717, 1.165) is 58.7 Å². The van der Waals surface area contributed by atoms with Gasteiger partial charge in [0.1, 0.15) is 10.3 Å². The van der Waals surface area contributed by atoms with Gasteiger partial charge in [0.2, 0.25) is 11.8 Å². The summed E-state index contributed by atoms with van der Waals surface area (Å²) in [6.45, 7) is 8.86. The monoisotopic (exact) mass is 590 g/mol. The van der Waals surface area contributed by atoms with Crippen molar-refractivity contribution in [2.24, 2.45) is 17.3 Å². The fraction of sp³-hybridized carbons (Fsp3) is 0.424. The molecule has 1 aromatic heterocycles. The van der Waals surface area contributed by atoms with Gasteiger partial charge in [-0.1, -0.05) is 57.2 Å². The number of thiophene rings is 1. The standard InChI is InChI=1S/C33H38N2O4S2/c1-5-39-32(38)27-25-17-16-22(33(2,3)4)18-26(25)41-31(27)35-30(37)28(20-10-7-6-8-11-20)40-24-13-9-12-23(19-24)34-29(36)21-14-15-21/h6-13,19,21-22,28H,5,14-18H2,1-4H3,(H,34,36)(H,35,37). The molecule has 0 saturated heterocycles. The number of esters is 1. The topological polar surface area (TPSA) is 84.5 Å². The summed E-state index contributed by atoms with van der Waals surface area (Å²) in [5.41, 5.74) is 3.27. The summed E-state index contributed by atoms with van der Waals surface area (Å²) in [7, 11) is 0. The van der Waals surface area contributed by atoms with Crippen LogP contribution in [0.3, 0.4) is 0 Å². The largest absolute Gasteiger partial charge is 0.462 e. The number of carbonyl (C=O) groups excluding carboxylic acids is 3. The number of benzene rings is 2. The summed E-state index contributed by atoms with van der Waals surface area (Å²) in [6, 6.07) is 17.3. The summed E-state index contributed by atoms with van der Waals surface area (Å²) in [5.74, 6) is 0.0830. The summed E-state index contributed by atoms with van der Waals surface area (Å²) < 4.78 is 5.45. The predicted octanol–water partition coefficient (Wildman–Crippen LogP) is 7.90. The lowest BCUT2D eigenvalue weighted by atomic mass is 9.72. The molecule has 216 valence electrons. The first-order valence-corrected chi connectivity index (χ1v) is 16.1. The highest BCUT2D eigenvalue weighted by molar-refractivity contribution is 8.00. The van der Waals surface area contributed by atoms with Crippen LogP contribution in [0.25, 0.3) is 0 Å². The third-order valence-electron chi connectivity index (χ3n) is 7.85. The number of carbonyl (C=O) groups is 3. The zero-order valence-electron chi connectivity index (χ0n) is 24.1. The summed E-state index contributed by atoms with van der Waals surface area (Å²) in [6.07, 6.45) is 4.57. The van der Waals surface area contributed by atoms with Gasteiger partial charge in [0.25, 0.3) is 0 Å². The van der Waals surface area contributed by atoms with Crippen LogP contribution in [-0.2, 0) is 27.2 Å². The van der Waals surface area contributed by atoms with E-state index in [0.29, 0.717) is 16.5 Å². The molecule has 2 aliphatic carbocycles. The molecule has 2 aromatic carbocycles. The fourth-order valence-electron chi connectivity index (χ4n) is 5.28. The van der Waals surface area contributed by atoms with Gasteiger partial charge in [-0.15, -0.1) is 23.1 Å². The van der Waals surface area contributed by atoms with Crippen molar-refractivity contribution in [3.05, 3.63) is 76.2 Å². The van der Waals surface area contributed by atoms with E-state index in [1.54, 1.807) is 6.92 Å². The normalized spacial score (nSPS) is 17.3. The first-order valence-electron chi connectivity index (χ1n) is 14.4. The molecular weight excluding hydrogens is 553 g/mol. The lowest BCUT2D eigenvalue weighted by molar-refractivity contribution is -0.117. The van der Waals surface area contributed by atoms with Gasteiger partial charge < -0.3 is 15.4 Å². The molecule has 1 heterocycles. The number of ether oxygens (including phenoxy) is 1. The third-order valence-corrected chi connectivity index (χ3v) is 10.3. The van der Waals surface area contributed by atoms with Crippen molar-refractivity contribution in [3.63, 3.8) is 0 Å². The Morgan fingerprint density at radius 3 is 2.46 bits per heavy atom. The maximum absolute atomic E-state index is 14.0. The zero-order valence-corrected chi connectivity index (χ0v) is 25.8. The van der Waals surface area contributed by atoms with E-state index in [9.17, 15) is 14.4 Å². The van der Waals surface area contributed by atoms with E-state index in [2.05, 4.69) is 31.4 Å². The van der Waals surface area contributed by atoms with Crippen molar-refractivity contribution in [2.75, 3.05) is 17.2 Å². The minimum Gasteiger partial charge on any atom is -0.462 e. The number of hydrogen-bond acceptors (Lipinski definition) is 6. The van der Waals surface area contributed by atoms with Gasteiger partial charge >= 0.3 is 5.97 Å². The van der Waals surface area contributed by atoms with Crippen LogP contribution >= 0.6 is 23.1 Å². The quantitative estimate of drug-likeness (QED) is 0.196. The van der Waals surface area contributed by atoms with E-state index in [1.807, 2.05) is 54.6 Å². The molecule has 1 saturated carbocycles. The van der Waals surface area contributed by atoms with Crippen LogP contribution in [0.5, 0.6) is 0 Å². The van der Waals surface area contributed by atoms with E-state index in [1.165, 1.54) is 23.1 Å². The van der Waals surface area contributed by atoms with Crippen LogP contribution < -0.4 is 10.6 Å². The van der Waals surface area contributed by atoms with Crippen LogP contribution in [0.15, 0.2) is 59.5 Å². The van der Waals surface area contributed by atoms with Crippen molar-refractivity contribution in [2.45, 2.75) is 69.9 Å². The number of amides is 2. The van der Waals surface area contributed by atoms with Crippen LogP contribution in [0.4, 0.5) is 10.7 Å². The Bertz CT molecular complexity index is 1420. The Kier molecular flexibility index (Phi) is 8.90. The maximum Gasteiger partial charge on any atom is 0.341 e. The molecule has 0 spiro atoms. The first kappa shape index (κ1) is 29.4. The number of fused-ring (bicyclic) bond motifs is 1. The van der Waals surface area contributed by atoms with Gasteiger partial charge in [-0.3, -0.25) is 9.59 Å². The Labute approximate surface area is 250 Å². The lowest BCUT2D eigenvalue weighted by Crippen LogP contribution is -2.26. The van der Waals surface area contributed by atoms with Gasteiger partial charge in [-0.05, 0) is 79.7 Å². The molecule has 41 heavy (non-hydrogen) atoms. The smallest absolute Gasteiger partial charge is 0.341 e. The number of thioether (sulfide) groups is 1. The molecule has 8 heteroatoms. The van der Waals surface area contributed by atoms with E-state index in [4.69, 9.17) is 4.74 Å². The van der Waals surface area contributed by atoms with Crippen LogP contribution in [0.2, 0.25) is 0 Å². The SMILES string of the molecule is CCOC(=O)c1c(NC(=O)C(Sc2cccc(NC(=O)C3CC3)c2)c2ccccc2)sc2c1CCC(C(C)(C)C)C2. The summed E-state index contributed by atoms with van der Waals surface area (Å²) in [4.78, 5) is 41.5. The minimum absolute atomic E-state index is 0.0476. The van der Waals surface area contributed by atoms with E-state index >= 15 is 0 Å². The van der Waals surface area contributed by atoms with Crippen molar-refractivity contribution < 1.29 is 19.1 Å². The van der Waals surface area contributed by atoms with Crippen molar-refractivity contribution in [3.8, 4) is 0 Å². The summed E-state index contributed by atoms with van der Waals surface area (Å²) in [5, 5.41) is 6.14. The highest BCUT2D eigenvalue weighted by atomic mass is 32.2. The predicted molar refractivity (Wildman–Crippen MR) is 167 cm³/mol. The average Bonchev–Trinajstić information content (AvgIpc) is 3.73. The molecule has 2 unspecified atom stereocenters. The van der Waals surface area contributed by atoms with Gasteiger partial charge in [0, 0.05) is 21.4 Å². The van der Waals surface area contributed by atoms with Gasteiger partial charge in [-0.2, -0.15) is 0 Å². The maximum atomic E-state index is 14.0. The molecular formula is C33H38N2O4S2. The van der Waals surface area contributed by atoms with Crippen molar-refractivity contribution in [1.29, 1.82) is 0 Å². The molecule has 0 bridgehead atoms. The Morgan fingerprint density at radius 2 is 1.78 bits per heavy atom. The van der Waals surface area contributed by atoms with Gasteiger partial charge in [-0.25, -0.2) is 4.79 Å².